The summed E-state index contributed by atoms with van der Waals surface area (Å²) in [6, 6.07) is 4.47. The monoisotopic (exact) mass is 483 g/mol. The van der Waals surface area contributed by atoms with Crippen molar-refractivity contribution in [2.24, 2.45) is 0 Å². The lowest BCUT2D eigenvalue weighted by Crippen LogP contribution is -2.30. The van der Waals surface area contributed by atoms with Crippen LogP contribution in [-0.2, 0) is 10.0 Å². The Balaban J connectivity index is 2.44. The van der Waals surface area contributed by atoms with E-state index in [9.17, 15) is 13.2 Å². The summed E-state index contributed by atoms with van der Waals surface area (Å²) in [4.78, 5) is 16.6. The average molecular weight is 485 g/mol. The van der Waals surface area contributed by atoms with Gasteiger partial charge in [0.1, 0.15) is 10.8 Å². The van der Waals surface area contributed by atoms with Crippen molar-refractivity contribution in [1.82, 2.24) is 9.29 Å². The molecule has 0 unspecified atom stereocenters. The van der Waals surface area contributed by atoms with Crippen LogP contribution in [0.1, 0.15) is 29.9 Å². The topological polar surface area (TPSA) is 79.4 Å². The van der Waals surface area contributed by atoms with Crippen LogP contribution in [0.4, 0.5) is 5.69 Å². The van der Waals surface area contributed by atoms with Gasteiger partial charge in [-0.25, -0.2) is 13.4 Å². The quantitative estimate of drug-likeness (QED) is 0.565. The van der Waals surface area contributed by atoms with Gasteiger partial charge in [0, 0.05) is 18.8 Å². The number of benzene rings is 1. The number of aromatic nitrogens is 1. The van der Waals surface area contributed by atoms with E-state index < -0.39 is 15.9 Å². The van der Waals surface area contributed by atoms with Crippen molar-refractivity contribution in [2.45, 2.75) is 25.7 Å². The fraction of sp³-hybridized carbons (Fsp3) is 0.294. The van der Waals surface area contributed by atoms with E-state index in [-0.39, 0.29) is 30.8 Å². The van der Waals surface area contributed by atoms with Crippen molar-refractivity contribution < 1.29 is 13.2 Å². The maximum atomic E-state index is 12.7. The van der Waals surface area contributed by atoms with E-state index in [0.29, 0.717) is 24.3 Å². The first kappa shape index (κ1) is 23.2. The van der Waals surface area contributed by atoms with Gasteiger partial charge in [-0.15, -0.1) is 0 Å². The summed E-state index contributed by atoms with van der Waals surface area (Å²) in [6.45, 7) is 5.88. The van der Waals surface area contributed by atoms with Gasteiger partial charge >= 0.3 is 0 Å². The highest BCUT2D eigenvalue weighted by atomic mass is 35.5. The van der Waals surface area contributed by atoms with Crippen molar-refractivity contribution in [3.63, 3.8) is 0 Å². The number of sulfonamides is 1. The fourth-order valence-corrected chi connectivity index (χ4v) is 4.73. The standard InChI is InChI=1S/C17H17Cl4N3O3S/c1-4-24(5-2)28(26,27)10-7-6-9(3)11(8-10)22-17(25)15-13(19)12(18)14(20)16(21)23-15/h6-8H,4-5H2,1-3H3,(H,22,25). The molecule has 1 amide bonds. The number of halogens is 4. The molecule has 0 fully saturated rings. The Kier molecular flexibility index (Phi) is 7.58. The van der Waals surface area contributed by atoms with E-state index in [0.717, 1.165) is 0 Å². The average Bonchev–Trinajstić information content (AvgIpc) is 2.65. The highest BCUT2D eigenvalue weighted by molar-refractivity contribution is 7.89. The zero-order chi connectivity index (χ0) is 21.2. The molecule has 0 aliphatic heterocycles. The maximum absolute atomic E-state index is 12.7. The largest absolute Gasteiger partial charge is 0.320 e. The Labute approximate surface area is 183 Å². The van der Waals surface area contributed by atoms with Crippen LogP contribution >= 0.6 is 46.4 Å². The van der Waals surface area contributed by atoms with E-state index in [1.165, 1.54) is 16.4 Å². The second kappa shape index (κ2) is 9.15. The Morgan fingerprint density at radius 3 is 2.25 bits per heavy atom. The minimum Gasteiger partial charge on any atom is -0.320 e. The lowest BCUT2D eigenvalue weighted by molar-refractivity contribution is 0.102. The number of hydrogen-bond acceptors (Lipinski definition) is 4. The minimum absolute atomic E-state index is 0.0586. The summed E-state index contributed by atoms with van der Waals surface area (Å²) < 4.78 is 26.8. The van der Waals surface area contributed by atoms with Crippen LogP contribution in [0.5, 0.6) is 0 Å². The minimum atomic E-state index is -3.69. The van der Waals surface area contributed by atoms with Crippen LogP contribution < -0.4 is 5.32 Å². The molecular weight excluding hydrogens is 468 g/mol. The highest BCUT2D eigenvalue weighted by Gasteiger charge is 2.24. The van der Waals surface area contributed by atoms with Crippen LogP contribution in [0.15, 0.2) is 23.1 Å². The number of anilines is 1. The predicted octanol–water partition coefficient (Wildman–Crippen LogP) is 5.29. The smallest absolute Gasteiger partial charge is 0.275 e. The van der Waals surface area contributed by atoms with Crippen LogP contribution in [0.3, 0.4) is 0 Å². The summed E-state index contributed by atoms with van der Waals surface area (Å²) in [6.07, 6.45) is 0. The van der Waals surface area contributed by atoms with E-state index in [1.807, 2.05) is 0 Å². The SMILES string of the molecule is CCN(CC)S(=O)(=O)c1ccc(C)c(NC(=O)c2nc(Cl)c(Cl)c(Cl)c2Cl)c1. The van der Waals surface area contributed by atoms with Gasteiger partial charge in [-0.1, -0.05) is 66.3 Å². The number of nitrogens with one attached hydrogen (secondary N) is 1. The number of rotatable bonds is 6. The Morgan fingerprint density at radius 2 is 1.68 bits per heavy atom. The van der Waals surface area contributed by atoms with Gasteiger partial charge in [0.25, 0.3) is 5.91 Å². The second-order valence-electron chi connectivity index (χ2n) is 5.71. The Morgan fingerprint density at radius 1 is 1.07 bits per heavy atom. The first-order chi connectivity index (χ1) is 13.0. The molecule has 28 heavy (non-hydrogen) atoms. The molecule has 1 aromatic heterocycles. The van der Waals surface area contributed by atoms with Crippen LogP contribution in [0, 0.1) is 6.92 Å². The molecule has 2 aromatic rings. The zero-order valence-corrected chi connectivity index (χ0v) is 19.0. The molecule has 0 bridgehead atoms. The molecule has 11 heteroatoms. The van der Waals surface area contributed by atoms with Crippen molar-refractivity contribution in [3.8, 4) is 0 Å². The molecule has 2 rings (SSSR count). The molecule has 0 spiro atoms. The second-order valence-corrected chi connectivity index (χ2v) is 9.14. The molecular formula is C17H17Cl4N3O3S. The Hall–Kier alpha value is -1.09. The van der Waals surface area contributed by atoms with Gasteiger partial charge in [0.2, 0.25) is 10.0 Å². The van der Waals surface area contributed by atoms with Gasteiger partial charge in [-0.05, 0) is 24.6 Å². The maximum Gasteiger partial charge on any atom is 0.275 e. The molecule has 6 nitrogen and oxygen atoms in total. The van der Waals surface area contributed by atoms with Gasteiger partial charge in [-0.2, -0.15) is 4.31 Å². The van der Waals surface area contributed by atoms with Crippen LogP contribution in [0.2, 0.25) is 20.2 Å². The van der Waals surface area contributed by atoms with Crippen molar-refractivity contribution >= 4 is 68.0 Å². The molecule has 0 saturated carbocycles. The van der Waals surface area contributed by atoms with Gasteiger partial charge in [-0.3, -0.25) is 4.79 Å². The van der Waals surface area contributed by atoms with Crippen molar-refractivity contribution in [3.05, 3.63) is 49.7 Å². The molecule has 1 aromatic carbocycles. The fourth-order valence-electron chi connectivity index (χ4n) is 2.43. The van der Waals surface area contributed by atoms with E-state index in [1.54, 1.807) is 26.8 Å². The number of hydrogen-bond donors (Lipinski definition) is 1. The molecule has 0 atom stereocenters. The van der Waals surface area contributed by atoms with E-state index in [2.05, 4.69) is 10.3 Å². The normalized spacial score (nSPS) is 11.7. The molecule has 0 radical (unpaired) electrons. The summed E-state index contributed by atoms with van der Waals surface area (Å²) in [5.41, 5.74) is 0.713. The lowest BCUT2D eigenvalue weighted by atomic mass is 10.2. The van der Waals surface area contributed by atoms with E-state index in [4.69, 9.17) is 46.4 Å². The zero-order valence-electron chi connectivity index (χ0n) is 15.2. The summed E-state index contributed by atoms with van der Waals surface area (Å²) in [5.74, 6) is -0.703. The number of aryl methyl sites for hydroxylation is 1. The number of pyridine rings is 1. The summed E-state index contributed by atoms with van der Waals surface area (Å²) in [7, 11) is -3.69. The third-order valence-corrected chi connectivity index (χ3v) is 7.72. The third kappa shape index (κ3) is 4.56. The molecule has 1 N–H and O–H groups in total. The number of carbonyl (C=O) groups excluding carboxylic acids is 1. The van der Waals surface area contributed by atoms with Crippen molar-refractivity contribution in [1.29, 1.82) is 0 Å². The Bertz CT molecular complexity index is 1020. The molecule has 0 saturated heterocycles. The van der Waals surface area contributed by atoms with E-state index >= 15 is 0 Å². The van der Waals surface area contributed by atoms with Gasteiger partial charge < -0.3 is 5.32 Å². The van der Waals surface area contributed by atoms with Gasteiger partial charge in [0.15, 0.2) is 0 Å². The lowest BCUT2D eigenvalue weighted by Gasteiger charge is -2.19. The van der Waals surface area contributed by atoms with Crippen molar-refractivity contribution in [2.75, 3.05) is 18.4 Å². The number of amides is 1. The van der Waals surface area contributed by atoms with Crippen LogP contribution in [-0.4, -0.2) is 36.7 Å². The van der Waals surface area contributed by atoms with Crippen LogP contribution in [0.25, 0.3) is 0 Å². The molecule has 0 aliphatic carbocycles. The molecule has 1 heterocycles. The molecule has 152 valence electrons. The predicted molar refractivity (Wildman–Crippen MR) is 114 cm³/mol. The number of carbonyl (C=O) groups is 1. The third-order valence-electron chi connectivity index (χ3n) is 4.00. The van der Waals surface area contributed by atoms with Gasteiger partial charge in [0.05, 0.1) is 20.0 Å². The number of nitrogens with zero attached hydrogens (tertiary/aromatic N) is 2. The molecule has 0 aliphatic rings. The first-order valence-corrected chi connectivity index (χ1v) is 11.1. The summed E-state index contributed by atoms with van der Waals surface area (Å²) >= 11 is 23.7. The first-order valence-electron chi connectivity index (χ1n) is 8.16. The highest BCUT2D eigenvalue weighted by Crippen LogP contribution is 2.36. The summed E-state index contributed by atoms with van der Waals surface area (Å²) in [5, 5.41) is 2.12.